The van der Waals surface area contributed by atoms with Gasteiger partial charge in [0.15, 0.2) is 5.75 Å². The average Bonchev–Trinajstić information content (AvgIpc) is 2.89. The second kappa shape index (κ2) is 7.29. The zero-order chi connectivity index (χ0) is 14.5. The molecule has 0 radical (unpaired) electrons. The van der Waals surface area contributed by atoms with E-state index in [0.29, 0.717) is 28.8 Å². The van der Waals surface area contributed by atoms with Gasteiger partial charge in [0.2, 0.25) is 5.91 Å². The predicted molar refractivity (Wildman–Crippen MR) is 84.5 cm³/mol. The number of methoxy groups -OCH3 is 1. The van der Waals surface area contributed by atoms with Gasteiger partial charge in [-0.1, -0.05) is 11.6 Å². The Bertz CT molecular complexity index is 490. The quantitative estimate of drug-likeness (QED) is 0.844. The highest BCUT2D eigenvalue weighted by Gasteiger charge is 2.17. The van der Waals surface area contributed by atoms with Crippen LogP contribution >= 0.6 is 27.5 Å². The van der Waals surface area contributed by atoms with Crippen molar-refractivity contribution in [3.05, 3.63) is 21.6 Å². The number of ether oxygens (including phenoxy) is 1. The zero-order valence-electron chi connectivity index (χ0n) is 11.3. The average molecular weight is 362 g/mol. The van der Waals surface area contributed by atoms with Crippen molar-refractivity contribution >= 4 is 39.1 Å². The van der Waals surface area contributed by atoms with Crippen molar-refractivity contribution < 1.29 is 9.53 Å². The fourth-order valence-corrected chi connectivity index (χ4v) is 3.34. The van der Waals surface area contributed by atoms with Crippen LogP contribution in [-0.4, -0.2) is 26.1 Å². The first-order valence-corrected chi connectivity index (χ1v) is 7.81. The Hall–Kier alpha value is -0.780. The lowest BCUT2D eigenvalue weighted by atomic mass is 10.0. The van der Waals surface area contributed by atoms with E-state index < -0.39 is 0 Å². The molecule has 2 rings (SSSR count). The fourth-order valence-electron chi connectivity index (χ4n) is 2.37. The summed E-state index contributed by atoms with van der Waals surface area (Å²) in [5.74, 6) is 1.18. The van der Waals surface area contributed by atoms with Crippen molar-refractivity contribution in [2.24, 2.45) is 5.92 Å². The minimum absolute atomic E-state index is 0.00985. The molecular formula is C14H18BrClN2O2. The van der Waals surface area contributed by atoms with E-state index in [9.17, 15) is 4.79 Å². The maximum atomic E-state index is 12.0. The van der Waals surface area contributed by atoms with E-state index in [0.717, 1.165) is 30.4 Å². The van der Waals surface area contributed by atoms with E-state index >= 15 is 0 Å². The summed E-state index contributed by atoms with van der Waals surface area (Å²) in [6, 6.07) is 3.43. The summed E-state index contributed by atoms with van der Waals surface area (Å²) < 4.78 is 6.00. The van der Waals surface area contributed by atoms with E-state index in [2.05, 4.69) is 26.6 Å². The van der Waals surface area contributed by atoms with Crippen LogP contribution in [0.25, 0.3) is 0 Å². The smallest absolute Gasteiger partial charge is 0.224 e. The van der Waals surface area contributed by atoms with Gasteiger partial charge >= 0.3 is 0 Å². The molecule has 1 saturated heterocycles. The van der Waals surface area contributed by atoms with Crippen LogP contribution < -0.4 is 15.4 Å². The highest BCUT2D eigenvalue weighted by molar-refractivity contribution is 9.10. The van der Waals surface area contributed by atoms with Crippen LogP contribution in [0.1, 0.15) is 19.3 Å². The standard InChI is InChI=1S/C14H18BrClN2O2/c1-20-14-11(15)6-10(16)7-12(14)18-13(19)3-2-9-4-5-17-8-9/h6-7,9,17H,2-5,8H2,1H3,(H,18,19). The third kappa shape index (κ3) is 4.11. The molecule has 6 heteroatoms. The number of rotatable bonds is 5. The van der Waals surface area contributed by atoms with Gasteiger partial charge in [0, 0.05) is 11.4 Å². The molecule has 110 valence electrons. The molecule has 0 spiro atoms. The van der Waals surface area contributed by atoms with Crippen LogP contribution in [0.15, 0.2) is 16.6 Å². The molecule has 20 heavy (non-hydrogen) atoms. The van der Waals surface area contributed by atoms with E-state index in [1.165, 1.54) is 0 Å². The lowest BCUT2D eigenvalue weighted by Gasteiger charge is -2.13. The van der Waals surface area contributed by atoms with Gasteiger partial charge in [0.05, 0.1) is 17.3 Å². The van der Waals surface area contributed by atoms with Crippen LogP contribution in [-0.2, 0) is 4.79 Å². The van der Waals surface area contributed by atoms with Gasteiger partial charge in [-0.05, 0) is 59.9 Å². The number of anilines is 1. The molecule has 1 unspecified atom stereocenters. The van der Waals surface area contributed by atoms with Crippen LogP contribution in [0.5, 0.6) is 5.75 Å². The fraction of sp³-hybridized carbons (Fsp3) is 0.500. The highest BCUT2D eigenvalue weighted by Crippen LogP contribution is 2.36. The summed E-state index contributed by atoms with van der Waals surface area (Å²) in [6.45, 7) is 2.07. The molecule has 0 saturated carbocycles. The van der Waals surface area contributed by atoms with E-state index in [4.69, 9.17) is 16.3 Å². The van der Waals surface area contributed by atoms with Crippen molar-refractivity contribution in [3.63, 3.8) is 0 Å². The first kappa shape index (κ1) is 15.6. The maximum Gasteiger partial charge on any atom is 0.224 e. The summed E-state index contributed by atoms with van der Waals surface area (Å²) in [4.78, 5) is 12.0. The number of carbonyl (C=O) groups excluding carboxylic acids is 1. The molecule has 4 nitrogen and oxygen atoms in total. The summed E-state index contributed by atoms with van der Waals surface area (Å²) in [5.41, 5.74) is 0.599. The number of hydrogen-bond donors (Lipinski definition) is 2. The Labute approximate surface area is 132 Å². The second-order valence-electron chi connectivity index (χ2n) is 4.91. The van der Waals surface area contributed by atoms with Gasteiger partial charge in [0.25, 0.3) is 0 Å². The molecule has 1 aromatic rings. The molecule has 2 N–H and O–H groups in total. The molecule has 0 bridgehead atoms. The molecular weight excluding hydrogens is 344 g/mol. The Morgan fingerprint density at radius 3 is 3.05 bits per heavy atom. The van der Waals surface area contributed by atoms with Crippen molar-refractivity contribution in [1.29, 1.82) is 0 Å². The third-order valence-corrected chi connectivity index (χ3v) is 4.24. The minimum Gasteiger partial charge on any atom is -0.493 e. The lowest BCUT2D eigenvalue weighted by molar-refractivity contribution is -0.116. The number of benzene rings is 1. The molecule has 0 aromatic heterocycles. The summed E-state index contributed by atoms with van der Waals surface area (Å²) >= 11 is 9.37. The van der Waals surface area contributed by atoms with Crippen molar-refractivity contribution in [3.8, 4) is 5.75 Å². The minimum atomic E-state index is -0.00985. The first-order chi connectivity index (χ1) is 9.60. The maximum absolute atomic E-state index is 12.0. The lowest BCUT2D eigenvalue weighted by Crippen LogP contribution is -2.15. The van der Waals surface area contributed by atoms with Gasteiger partial charge in [-0.2, -0.15) is 0 Å². The van der Waals surface area contributed by atoms with Gasteiger partial charge in [-0.3, -0.25) is 4.79 Å². The largest absolute Gasteiger partial charge is 0.493 e. The monoisotopic (exact) mass is 360 g/mol. The molecule has 0 aliphatic carbocycles. The molecule has 1 heterocycles. The van der Waals surface area contributed by atoms with Crippen LogP contribution in [0.4, 0.5) is 5.69 Å². The van der Waals surface area contributed by atoms with E-state index in [1.807, 2.05) is 0 Å². The molecule has 1 atom stereocenters. The molecule has 1 aliphatic rings. The predicted octanol–water partition coefficient (Wildman–Crippen LogP) is 3.44. The van der Waals surface area contributed by atoms with Gasteiger partial charge in [-0.15, -0.1) is 0 Å². The van der Waals surface area contributed by atoms with E-state index in [-0.39, 0.29) is 5.91 Å². The molecule has 1 amide bonds. The van der Waals surface area contributed by atoms with Crippen molar-refractivity contribution in [2.75, 3.05) is 25.5 Å². The normalized spacial score (nSPS) is 18.1. The van der Waals surface area contributed by atoms with Crippen LogP contribution in [0.3, 0.4) is 0 Å². The zero-order valence-corrected chi connectivity index (χ0v) is 13.7. The number of nitrogens with one attached hydrogen (secondary N) is 2. The summed E-state index contributed by atoms with van der Waals surface area (Å²) in [6.07, 6.45) is 2.57. The highest BCUT2D eigenvalue weighted by atomic mass is 79.9. The van der Waals surface area contributed by atoms with Crippen LogP contribution in [0.2, 0.25) is 5.02 Å². The Morgan fingerprint density at radius 1 is 1.60 bits per heavy atom. The van der Waals surface area contributed by atoms with Gasteiger partial charge in [-0.25, -0.2) is 0 Å². The molecule has 1 aliphatic heterocycles. The number of amides is 1. The summed E-state index contributed by atoms with van der Waals surface area (Å²) in [7, 11) is 1.56. The Kier molecular flexibility index (Phi) is 5.69. The van der Waals surface area contributed by atoms with Gasteiger partial charge < -0.3 is 15.4 Å². The Balaban J connectivity index is 1.96. The topological polar surface area (TPSA) is 50.4 Å². The SMILES string of the molecule is COc1c(Br)cc(Cl)cc1NC(=O)CCC1CCNC1. The number of halogens is 2. The number of hydrogen-bond acceptors (Lipinski definition) is 3. The molecule has 1 aromatic carbocycles. The summed E-state index contributed by atoms with van der Waals surface area (Å²) in [5, 5.41) is 6.72. The number of carbonyl (C=O) groups is 1. The Morgan fingerprint density at radius 2 is 2.40 bits per heavy atom. The van der Waals surface area contributed by atoms with Gasteiger partial charge in [0.1, 0.15) is 0 Å². The first-order valence-electron chi connectivity index (χ1n) is 6.63. The molecule has 1 fully saturated rings. The third-order valence-electron chi connectivity index (χ3n) is 3.43. The van der Waals surface area contributed by atoms with E-state index in [1.54, 1.807) is 19.2 Å². The second-order valence-corrected chi connectivity index (χ2v) is 6.20. The van der Waals surface area contributed by atoms with Crippen LogP contribution in [0, 0.1) is 5.92 Å². The van der Waals surface area contributed by atoms with Crippen molar-refractivity contribution in [2.45, 2.75) is 19.3 Å². The van der Waals surface area contributed by atoms with Crippen molar-refractivity contribution in [1.82, 2.24) is 5.32 Å².